The van der Waals surface area contributed by atoms with Crippen LogP contribution in [-0.4, -0.2) is 249 Å². The average molecular weight is 1290 g/mol. The molecule has 0 aliphatic carbocycles. The Morgan fingerprint density at radius 2 is 1.42 bits per heavy atom. The number of unbranched alkanes of at least 4 members (excludes halogenated alkanes) is 2. The van der Waals surface area contributed by atoms with E-state index in [0.29, 0.717) is 56.9 Å². The molecule has 4 heterocycles. The molecule has 485 valence electrons. The molecule has 0 spiro atoms. The minimum atomic E-state index is -5.35. The van der Waals surface area contributed by atoms with Gasteiger partial charge in [0.15, 0.2) is 23.5 Å². The predicted octanol–water partition coefficient (Wildman–Crippen LogP) is -4.28. The maximum absolute atomic E-state index is 14.7. The zero-order chi connectivity index (χ0) is 65.3. The zero-order valence-corrected chi connectivity index (χ0v) is 51.9. The molecule has 3 aliphatic heterocycles. The van der Waals surface area contributed by atoms with Crippen molar-refractivity contribution in [2.75, 3.05) is 19.7 Å². The smallest absolute Gasteiger partial charge is 0.446 e. The van der Waals surface area contributed by atoms with Gasteiger partial charge in [0.25, 0.3) is 5.91 Å². The number of phenols is 1. The van der Waals surface area contributed by atoms with E-state index in [1.807, 2.05) is 10.6 Å². The van der Waals surface area contributed by atoms with E-state index in [0.717, 1.165) is 32.3 Å². The molecule has 8 amide bonds. The number of nitrogens with one attached hydrogen (secondary N) is 5. The maximum Gasteiger partial charge on any atom is 0.446 e. The van der Waals surface area contributed by atoms with Crippen LogP contribution in [0.2, 0.25) is 0 Å². The third kappa shape index (κ3) is 17.8. The molecule has 0 bridgehead atoms. The minimum absolute atomic E-state index is 0. The first-order valence-electron chi connectivity index (χ1n) is 28.1. The molecule has 1 aromatic heterocycles. The van der Waals surface area contributed by atoms with Gasteiger partial charge < -0.3 is 102 Å². The summed E-state index contributed by atoms with van der Waals surface area (Å²) in [6.45, 7) is 3.74. The van der Waals surface area contributed by atoms with Gasteiger partial charge in [-0.1, -0.05) is 50.0 Å². The molecule has 3 fully saturated rings. The number of carbonyl (C=O) groups is 8. The van der Waals surface area contributed by atoms with Crippen LogP contribution in [0.25, 0.3) is 22.6 Å². The average Bonchev–Trinajstić information content (AvgIpc) is 2.24. The molecule has 4 aromatic rings. The van der Waals surface area contributed by atoms with Gasteiger partial charge in [0.1, 0.15) is 66.0 Å². The van der Waals surface area contributed by atoms with Crippen molar-refractivity contribution < 1.29 is 111 Å². The Bertz CT molecular complexity index is 3340. The molecular formula is C56H71N9NaO23S. The third-order valence-electron chi connectivity index (χ3n) is 15.2. The van der Waals surface area contributed by atoms with Crippen molar-refractivity contribution in [1.82, 2.24) is 41.5 Å². The number of hydrogen-bond acceptors (Lipinski definition) is 23. The fourth-order valence-electron chi connectivity index (χ4n) is 10.3. The summed E-state index contributed by atoms with van der Waals surface area (Å²) in [4.78, 5) is 115. The van der Waals surface area contributed by atoms with Gasteiger partial charge in [-0.2, -0.15) is 8.42 Å². The topological polar surface area (TPSA) is 510 Å². The summed E-state index contributed by atoms with van der Waals surface area (Å²) in [5.74, 6) is -12.9. The third-order valence-corrected chi connectivity index (χ3v) is 15.6. The Kier molecular flexibility index (Phi) is 24.8. The van der Waals surface area contributed by atoms with Gasteiger partial charge >= 0.3 is 10.4 Å². The molecule has 17 N–H and O–H groups in total. The molecule has 1 radical (unpaired) electrons. The van der Waals surface area contributed by atoms with Crippen molar-refractivity contribution in [2.24, 2.45) is 11.7 Å². The van der Waals surface area contributed by atoms with Gasteiger partial charge in [-0.15, -0.1) is 0 Å². The number of hydrogen-bond donors (Lipinski definition) is 16. The van der Waals surface area contributed by atoms with Crippen LogP contribution in [-0.2, 0) is 44.0 Å². The number of carbonyl (C=O) groups excluding carboxylic acids is 8. The van der Waals surface area contributed by atoms with Crippen LogP contribution in [0.3, 0.4) is 0 Å². The molecule has 32 nitrogen and oxygen atoms in total. The normalized spacial score (nSPS) is 26.2. The van der Waals surface area contributed by atoms with E-state index in [4.69, 9.17) is 15.0 Å². The SMILES string of the molecule is CCCCCOc1ccc(-c2cc(-c3ccc(C(=O)N[C@H]4C[C@@H](O)[C@H](O)NC(=O)[C@@H]5[C@@H](O)[C@@H](C)CN5C(=O)[C@H]([C@H](O)CC(N)=O)NC(=O)[C@H]([C@H](O)[C@@H](O)c5ccc(O)c(OS(=O)(=O)O)c5)NC(=O)[C@@H]5C[C@@H](O)CN5C(=O)[C@H]([C@@H](C)O)NC4=O)cc3)no2)cc1.[Na]. The number of phenolic OH excluding ortho intramolecular Hbond substituents is 1. The quantitative estimate of drug-likeness (QED) is 0.0255. The van der Waals surface area contributed by atoms with Crippen molar-refractivity contribution >= 4 is 87.2 Å². The van der Waals surface area contributed by atoms with E-state index < -0.39 is 198 Å². The second-order valence-corrected chi connectivity index (χ2v) is 22.9. The molecule has 3 aliphatic rings. The van der Waals surface area contributed by atoms with Crippen molar-refractivity contribution in [2.45, 2.75) is 145 Å². The summed E-state index contributed by atoms with van der Waals surface area (Å²) in [6, 6.07) is 3.52. The van der Waals surface area contributed by atoms with Gasteiger partial charge in [-0.3, -0.25) is 42.9 Å². The summed E-state index contributed by atoms with van der Waals surface area (Å²) in [5.41, 5.74) is 6.17. The Labute approximate surface area is 536 Å². The number of nitrogens with zero attached hydrogens (tertiary/aromatic N) is 3. The van der Waals surface area contributed by atoms with Gasteiger partial charge in [-0.05, 0) is 67.4 Å². The number of fused-ring (bicyclic) bond motifs is 2. The maximum atomic E-state index is 14.7. The molecule has 3 aromatic carbocycles. The summed E-state index contributed by atoms with van der Waals surface area (Å²) >= 11 is 0. The second kappa shape index (κ2) is 31.1. The predicted molar refractivity (Wildman–Crippen MR) is 310 cm³/mol. The van der Waals surface area contributed by atoms with E-state index >= 15 is 0 Å². The summed E-state index contributed by atoms with van der Waals surface area (Å²) in [5, 5.41) is 116. The first kappa shape index (κ1) is 71.7. The van der Waals surface area contributed by atoms with Gasteiger partial charge in [-0.25, -0.2) is 0 Å². The van der Waals surface area contributed by atoms with Crippen LogP contribution in [0, 0.1) is 5.92 Å². The number of rotatable bonds is 18. The number of aliphatic hydroxyl groups excluding tert-OH is 8. The molecule has 15 atom stereocenters. The monoisotopic (exact) mass is 1290 g/mol. The minimum Gasteiger partial charge on any atom is -0.504 e. The molecule has 0 saturated carbocycles. The Balaban J connectivity index is 0.0000129. The number of aliphatic hydroxyl groups is 8. The van der Waals surface area contributed by atoms with Gasteiger partial charge in [0.2, 0.25) is 41.4 Å². The molecule has 3 saturated heterocycles. The number of aromatic nitrogens is 1. The molecule has 90 heavy (non-hydrogen) atoms. The van der Waals surface area contributed by atoms with Crippen LogP contribution in [0.15, 0.2) is 77.3 Å². The largest absolute Gasteiger partial charge is 0.504 e. The Morgan fingerprint density at radius 3 is 2.06 bits per heavy atom. The molecule has 0 unspecified atom stereocenters. The van der Waals surface area contributed by atoms with E-state index in [-0.39, 0.29) is 35.1 Å². The summed E-state index contributed by atoms with van der Waals surface area (Å²) in [6.07, 6.45) is -17.3. The summed E-state index contributed by atoms with van der Waals surface area (Å²) in [7, 11) is -5.35. The van der Waals surface area contributed by atoms with Crippen LogP contribution in [0.5, 0.6) is 17.2 Å². The van der Waals surface area contributed by atoms with E-state index in [2.05, 4.69) is 32.2 Å². The number of aromatic hydroxyl groups is 1. The van der Waals surface area contributed by atoms with E-state index in [9.17, 15) is 97.3 Å². The Hall–Kier alpha value is -7.38. The van der Waals surface area contributed by atoms with Crippen LogP contribution in [0.1, 0.15) is 81.3 Å². The zero-order valence-electron chi connectivity index (χ0n) is 49.1. The summed E-state index contributed by atoms with van der Waals surface area (Å²) < 4.78 is 48.1. The first-order chi connectivity index (χ1) is 42.0. The molecular weight excluding hydrogens is 1220 g/mol. The van der Waals surface area contributed by atoms with Crippen molar-refractivity contribution in [3.63, 3.8) is 0 Å². The van der Waals surface area contributed by atoms with Crippen LogP contribution in [0.4, 0.5) is 0 Å². The van der Waals surface area contributed by atoms with Gasteiger partial charge in [0, 0.05) is 84.2 Å². The van der Waals surface area contributed by atoms with Crippen molar-refractivity contribution in [3.8, 4) is 39.8 Å². The standard InChI is InChI=1S/C56H71N9O23S.Na/c1-4-5-6-17-86-32-14-11-28(12-15-32)39-21-33(63-87-39)27-7-9-29(10-8-27)49(75)58-34-20-38(70)52(78)62-54(80)45-46(72)25(2)23-65(45)56(82)43(37(69)22-41(57)71)60-53(79)44(48(74)47(73)30-13-16-36(68)40(18-30)88-89(83,84)85)61-51(77)35-19-31(67)24-64(35)55(81)42(26(3)66)59-50(34)76;/h7-16,18,21,25-26,31,34-35,37-38,42-48,52,66-70,72-74,78H,4-6,17,19-20,22-24H2,1-3H3,(H2,57,71)(H,58,75)(H,59,76)(H,60,79)(H,61,77)(H,62,80)(H,83,84,85);/t25-,26+,31+,34-,35-,37+,38+,42-,43-,44-,45-,46-,47-,48-,52-;/m0./s1. The van der Waals surface area contributed by atoms with Crippen LogP contribution >= 0.6 is 0 Å². The molecule has 34 heteroatoms. The number of primary amides is 1. The number of benzene rings is 3. The second-order valence-electron chi connectivity index (χ2n) is 21.9. The van der Waals surface area contributed by atoms with E-state index in [1.54, 1.807) is 30.3 Å². The number of ether oxygens (including phenoxy) is 1. The van der Waals surface area contributed by atoms with E-state index in [1.165, 1.54) is 31.2 Å². The van der Waals surface area contributed by atoms with Crippen molar-refractivity contribution in [1.29, 1.82) is 0 Å². The number of nitrogens with two attached hydrogens (primary N) is 1. The molecule has 7 rings (SSSR count). The van der Waals surface area contributed by atoms with Gasteiger partial charge in [0.05, 0.1) is 37.4 Å². The fraction of sp³-hybridized carbons (Fsp3) is 0.482. The fourth-order valence-corrected chi connectivity index (χ4v) is 10.7. The number of amides is 8. The van der Waals surface area contributed by atoms with Crippen molar-refractivity contribution in [3.05, 3.63) is 83.9 Å². The first-order valence-corrected chi connectivity index (χ1v) is 29.5. The Morgan fingerprint density at radius 1 is 0.789 bits per heavy atom. The van der Waals surface area contributed by atoms with Crippen LogP contribution < -0.4 is 41.2 Å².